The molecule has 2 aromatic rings. The van der Waals surface area contributed by atoms with Crippen LogP contribution in [0.3, 0.4) is 0 Å². The highest BCUT2D eigenvalue weighted by Crippen LogP contribution is 2.16. The number of aryl methyl sites for hydroxylation is 1. The molecule has 0 spiro atoms. The van der Waals surface area contributed by atoms with Gasteiger partial charge in [-0.2, -0.15) is 0 Å². The van der Waals surface area contributed by atoms with Gasteiger partial charge < -0.3 is 9.84 Å². The third-order valence-electron chi connectivity index (χ3n) is 2.54. The zero-order valence-corrected chi connectivity index (χ0v) is 9.96. The molecular formula is C14H13NO3. The molecule has 2 rings (SSSR count). The van der Waals surface area contributed by atoms with Crippen molar-refractivity contribution in [2.24, 2.45) is 0 Å². The van der Waals surface area contributed by atoms with E-state index < -0.39 is 5.97 Å². The van der Waals surface area contributed by atoms with Crippen molar-refractivity contribution in [3.8, 4) is 5.75 Å². The molecule has 0 saturated carbocycles. The fourth-order valence-corrected chi connectivity index (χ4v) is 1.55. The largest absolute Gasteiger partial charge is 0.487 e. The molecule has 1 aromatic heterocycles. The summed E-state index contributed by atoms with van der Waals surface area (Å²) in [5.41, 5.74) is 1.67. The van der Waals surface area contributed by atoms with Crippen molar-refractivity contribution in [3.05, 3.63) is 59.4 Å². The topological polar surface area (TPSA) is 59.4 Å². The van der Waals surface area contributed by atoms with Crippen molar-refractivity contribution in [2.45, 2.75) is 13.5 Å². The lowest BCUT2D eigenvalue weighted by atomic mass is 10.2. The van der Waals surface area contributed by atoms with Gasteiger partial charge in [-0.1, -0.05) is 30.3 Å². The number of nitrogens with zero attached hydrogens (tertiary/aromatic N) is 1. The van der Waals surface area contributed by atoms with Crippen molar-refractivity contribution >= 4 is 5.97 Å². The molecule has 0 bridgehead atoms. The van der Waals surface area contributed by atoms with Crippen LogP contribution in [-0.4, -0.2) is 16.1 Å². The van der Waals surface area contributed by atoms with E-state index in [0.717, 1.165) is 5.56 Å². The minimum atomic E-state index is -0.995. The van der Waals surface area contributed by atoms with E-state index in [4.69, 9.17) is 9.84 Å². The van der Waals surface area contributed by atoms with Crippen LogP contribution in [0.25, 0.3) is 0 Å². The van der Waals surface area contributed by atoms with Crippen LogP contribution in [0.15, 0.2) is 42.6 Å². The summed E-state index contributed by atoms with van der Waals surface area (Å²) in [5, 5.41) is 8.98. The summed E-state index contributed by atoms with van der Waals surface area (Å²) in [4.78, 5) is 15.0. The number of benzene rings is 1. The van der Waals surface area contributed by atoms with Crippen LogP contribution < -0.4 is 4.74 Å². The van der Waals surface area contributed by atoms with Crippen LogP contribution in [0.4, 0.5) is 0 Å². The highest BCUT2D eigenvalue weighted by atomic mass is 16.5. The van der Waals surface area contributed by atoms with E-state index in [1.165, 1.54) is 12.3 Å². The number of hydrogen-bond acceptors (Lipinski definition) is 3. The third kappa shape index (κ3) is 2.85. The zero-order chi connectivity index (χ0) is 13.0. The Balaban J connectivity index is 2.11. The second-order valence-corrected chi connectivity index (χ2v) is 3.88. The SMILES string of the molecule is Cc1ncc(OCc2ccccc2)cc1C(=O)O. The summed E-state index contributed by atoms with van der Waals surface area (Å²) in [5.74, 6) is -0.535. The number of rotatable bonds is 4. The van der Waals surface area contributed by atoms with E-state index in [0.29, 0.717) is 18.1 Å². The van der Waals surface area contributed by atoms with E-state index in [9.17, 15) is 4.79 Å². The molecule has 1 heterocycles. The first-order valence-corrected chi connectivity index (χ1v) is 5.53. The molecule has 0 unspecified atom stereocenters. The first-order valence-electron chi connectivity index (χ1n) is 5.53. The van der Waals surface area contributed by atoms with Crippen LogP contribution in [0.1, 0.15) is 21.6 Å². The minimum absolute atomic E-state index is 0.167. The predicted molar refractivity (Wildman–Crippen MR) is 66.7 cm³/mol. The van der Waals surface area contributed by atoms with Gasteiger partial charge in [-0.05, 0) is 18.6 Å². The number of aromatic carboxylic acids is 1. The van der Waals surface area contributed by atoms with Gasteiger partial charge >= 0.3 is 5.97 Å². The molecule has 0 amide bonds. The molecule has 0 aliphatic rings. The number of hydrogen-bond donors (Lipinski definition) is 1. The quantitative estimate of drug-likeness (QED) is 0.896. The van der Waals surface area contributed by atoms with Crippen molar-refractivity contribution in [3.63, 3.8) is 0 Å². The summed E-state index contributed by atoms with van der Waals surface area (Å²) in [6, 6.07) is 11.2. The summed E-state index contributed by atoms with van der Waals surface area (Å²) < 4.78 is 5.51. The Bertz CT molecular complexity index is 552. The maximum atomic E-state index is 11.0. The number of carboxylic acids is 1. The molecule has 0 radical (unpaired) electrons. The highest BCUT2D eigenvalue weighted by Gasteiger charge is 2.09. The number of ether oxygens (including phenoxy) is 1. The van der Waals surface area contributed by atoms with Gasteiger partial charge in [0.05, 0.1) is 17.5 Å². The van der Waals surface area contributed by atoms with Crippen LogP contribution in [0.5, 0.6) is 5.75 Å². The lowest BCUT2D eigenvalue weighted by Gasteiger charge is -2.07. The summed E-state index contributed by atoms with van der Waals surface area (Å²) in [6.45, 7) is 2.05. The Morgan fingerprint density at radius 3 is 2.72 bits per heavy atom. The minimum Gasteiger partial charge on any atom is -0.487 e. The lowest BCUT2D eigenvalue weighted by Crippen LogP contribution is -2.03. The van der Waals surface area contributed by atoms with E-state index in [2.05, 4.69) is 4.98 Å². The molecule has 0 aliphatic carbocycles. The molecular weight excluding hydrogens is 230 g/mol. The van der Waals surface area contributed by atoms with Crippen LogP contribution in [-0.2, 0) is 6.61 Å². The fraction of sp³-hybridized carbons (Fsp3) is 0.143. The normalized spacial score (nSPS) is 10.1. The lowest BCUT2D eigenvalue weighted by molar-refractivity contribution is 0.0695. The van der Waals surface area contributed by atoms with E-state index in [-0.39, 0.29) is 5.56 Å². The molecule has 92 valence electrons. The molecule has 4 heteroatoms. The smallest absolute Gasteiger partial charge is 0.337 e. The zero-order valence-electron chi connectivity index (χ0n) is 9.96. The molecule has 0 atom stereocenters. The molecule has 1 aromatic carbocycles. The van der Waals surface area contributed by atoms with Gasteiger partial charge in [0.1, 0.15) is 12.4 Å². The first kappa shape index (κ1) is 12.1. The van der Waals surface area contributed by atoms with Crippen molar-refractivity contribution < 1.29 is 14.6 Å². The van der Waals surface area contributed by atoms with Gasteiger partial charge in [-0.15, -0.1) is 0 Å². The molecule has 0 fully saturated rings. The summed E-state index contributed by atoms with van der Waals surface area (Å²) in [6.07, 6.45) is 1.53. The second kappa shape index (κ2) is 5.31. The Morgan fingerprint density at radius 2 is 2.06 bits per heavy atom. The number of aromatic nitrogens is 1. The van der Waals surface area contributed by atoms with E-state index >= 15 is 0 Å². The van der Waals surface area contributed by atoms with Crippen molar-refractivity contribution in [1.29, 1.82) is 0 Å². The van der Waals surface area contributed by atoms with Crippen LogP contribution in [0, 0.1) is 6.92 Å². The van der Waals surface area contributed by atoms with Crippen molar-refractivity contribution in [2.75, 3.05) is 0 Å². The third-order valence-corrected chi connectivity index (χ3v) is 2.54. The Hall–Kier alpha value is -2.36. The van der Waals surface area contributed by atoms with Gasteiger partial charge in [0, 0.05) is 0 Å². The van der Waals surface area contributed by atoms with Gasteiger partial charge in [0.2, 0.25) is 0 Å². The summed E-state index contributed by atoms with van der Waals surface area (Å²) in [7, 11) is 0. The van der Waals surface area contributed by atoms with Gasteiger partial charge in [-0.3, -0.25) is 4.98 Å². The molecule has 18 heavy (non-hydrogen) atoms. The molecule has 0 aliphatic heterocycles. The number of pyridine rings is 1. The average Bonchev–Trinajstić information content (AvgIpc) is 2.38. The standard InChI is InChI=1S/C14H13NO3/c1-10-13(14(16)17)7-12(8-15-10)18-9-11-5-3-2-4-6-11/h2-8H,9H2,1H3,(H,16,17). The van der Waals surface area contributed by atoms with Gasteiger partial charge in [-0.25, -0.2) is 4.79 Å². The number of carbonyl (C=O) groups is 1. The highest BCUT2D eigenvalue weighted by molar-refractivity contribution is 5.89. The molecule has 1 N–H and O–H groups in total. The Kier molecular flexibility index (Phi) is 3.57. The first-order chi connectivity index (χ1) is 8.66. The van der Waals surface area contributed by atoms with E-state index in [1.807, 2.05) is 30.3 Å². The Labute approximate surface area is 105 Å². The van der Waals surface area contributed by atoms with Gasteiger partial charge in [0.15, 0.2) is 0 Å². The second-order valence-electron chi connectivity index (χ2n) is 3.88. The van der Waals surface area contributed by atoms with Crippen molar-refractivity contribution in [1.82, 2.24) is 4.98 Å². The summed E-state index contributed by atoms with van der Waals surface area (Å²) >= 11 is 0. The monoisotopic (exact) mass is 243 g/mol. The Morgan fingerprint density at radius 1 is 1.33 bits per heavy atom. The molecule has 0 saturated heterocycles. The van der Waals surface area contributed by atoms with Crippen LogP contribution in [0.2, 0.25) is 0 Å². The fourth-order valence-electron chi connectivity index (χ4n) is 1.55. The molecule has 4 nitrogen and oxygen atoms in total. The van der Waals surface area contributed by atoms with Gasteiger partial charge in [0.25, 0.3) is 0 Å². The van der Waals surface area contributed by atoms with E-state index in [1.54, 1.807) is 6.92 Å². The predicted octanol–water partition coefficient (Wildman–Crippen LogP) is 2.67. The van der Waals surface area contributed by atoms with Crippen LogP contribution >= 0.6 is 0 Å². The number of carboxylic acid groups (broad SMARTS) is 1. The average molecular weight is 243 g/mol. The maximum absolute atomic E-state index is 11.0. The maximum Gasteiger partial charge on any atom is 0.337 e.